The van der Waals surface area contributed by atoms with E-state index in [1.54, 1.807) is 0 Å². The topological polar surface area (TPSA) is 149 Å². The van der Waals surface area contributed by atoms with Gasteiger partial charge in [-0.05, 0) is 83.5 Å². The molecule has 0 fully saturated rings. The van der Waals surface area contributed by atoms with Crippen molar-refractivity contribution in [1.82, 2.24) is 0 Å². The molecule has 10 nitrogen and oxygen atoms in total. The van der Waals surface area contributed by atoms with Gasteiger partial charge in [0.1, 0.15) is 12.7 Å². The molecule has 324 valence electrons. The molecule has 1 unspecified atom stereocenters. The number of ether oxygens (including phenoxy) is 2. The van der Waals surface area contributed by atoms with E-state index >= 15 is 0 Å². The van der Waals surface area contributed by atoms with Crippen LogP contribution in [0.1, 0.15) is 142 Å². The highest BCUT2D eigenvalue weighted by Crippen LogP contribution is 2.43. The van der Waals surface area contributed by atoms with Crippen LogP contribution in [0.15, 0.2) is 97.2 Å². The lowest BCUT2D eigenvalue weighted by molar-refractivity contribution is -0.161. The molecule has 0 spiro atoms. The van der Waals surface area contributed by atoms with Crippen molar-refractivity contribution in [3.63, 3.8) is 0 Å². The SMILES string of the molecule is CC/C=C/C/C=C/C/C=C/C/C=C/C/C=C/CCCC(=O)O[C@H](COC(=O)CCC/C=C/C/C=C/C/C=C/CCCCCCCC)COP(=O)(O)OC[C@@H](O)CO. The highest BCUT2D eigenvalue weighted by molar-refractivity contribution is 7.47. The minimum Gasteiger partial charge on any atom is -0.462 e. The largest absolute Gasteiger partial charge is 0.472 e. The summed E-state index contributed by atoms with van der Waals surface area (Å²) in [5, 5.41) is 18.3. The summed E-state index contributed by atoms with van der Waals surface area (Å²) in [7, 11) is -4.65. The van der Waals surface area contributed by atoms with Gasteiger partial charge in [0.2, 0.25) is 0 Å². The minimum absolute atomic E-state index is 0.0895. The van der Waals surface area contributed by atoms with E-state index < -0.39 is 51.8 Å². The molecular formula is C46H75O10P. The monoisotopic (exact) mass is 819 g/mol. The Balaban J connectivity index is 4.52. The summed E-state index contributed by atoms with van der Waals surface area (Å²) >= 11 is 0. The van der Waals surface area contributed by atoms with Crippen LogP contribution >= 0.6 is 7.82 Å². The molecule has 0 rings (SSSR count). The number of carbonyl (C=O) groups excluding carboxylic acids is 2. The number of esters is 2. The molecule has 0 aromatic heterocycles. The fourth-order valence-electron chi connectivity index (χ4n) is 4.98. The predicted octanol–water partition coefficient (Wildman–Crippen LogP) is 11.2. The van der Waals surface area contributed by atoms with Crippen LogP contribution in [-0.2, 0) is 32.7 Å². The number of unbranched alkanes of at least 4 members (excludes halogenated alkanes) is 8. The van der Waals surface area contributed by atoms with Crippen LogP contribution in [0.5, 0.6) is 0 Å². The summed E-state index contributed by atoms with van der Waals surface area (Å²) in [6, 6.07) is 0. The number of allylic oxidation sites excluding steroid dienone is 16. The Morgan fingerprint density at radius 2 is 0.965 bits per heavy atom. The molecule has 0 aliphatic heterocycles. The number of aliphatic hydroxyl groups is 2. The lowest BCUT2D eigenvalue weighted by Crippen LogP contribution is -2.29. The molecule has 0 saturated carbocycles. The zero-order chi connectivity index (χ0) is 41.9. The second kappa shape index (κ2) is 41.1. The molecule has 0 aliphatic rings. The first-order valence-electron chi connectivity index (χ1n) is 21.2. The molecular weight excluding hydrogens is 743 g/mol. The standard InChI is InChI=1S/C46H75O10P/c1-3-5-7-9-11-13-15-17-19-21-23-25-27-29-31-33-35-37-45(49)53-41-44(42-55-57(51,52)54-40-43(48)39-47)56-46(50)38-36-34-32-30-28-26-24-22-20-18-16-14-12-10-8-6-4-2/h6,8,12,14,17-20,23-26,29-32,43-44,47-48H,3-5,7,9-11,13,15-16,21-22,27-28,33-42H2,1-2H3,(H,51,52)/b8-6+,14-12+,19-17+,20-18+,25-23+,26-24+,31-29+,32-30+/t43-,44+/m0/s1. The summed E-state index contributed by atoms with van der Waals surface area (Å²) in [5.74, 6) is -1.07. The van der Waals surface area contributed by atoms with Crippen molar-refractivity contribution in [2.24, 2.45) is 0 Å². The second-order valence-electron chi connectivity index (χ2n) is 13.6. The smallest absolute Gasteiger partial charge is 0.462 e. The van der Waals surface area contributed by atoms with E-state index in [1.165, 1.54) is 38.5 Å². The highest BCUT2D eigenvalue weighted by atomic mass is 31.2. The predicted molar refractivity (Wildman–Crippen MR) is 232 cm³/mol. The first-order valence-corrected chi connectivity index (χ1v) is 22.7. The third kappa shape index (κ3) is 40.9. The number of rotatable bonds is 38. The van der Waals surface area contributed by atoms with Crippen molar-refractivity contribution in [1.29, 1.82) is 0 Å². The Labute approximate surface area is 344 Å². The average Bonchev–Trinajstić information content (AvgIpc) is 3.20. The van der Waals surface area contributed by atoms with Crippen LogP contribution in [0.4, 0.5) is 0 Å². The summed E-state index contributed by atoms with van der Waals surface area (Å²) < 4.78 is 32.6. The maximum atomic E-state index is 12.6. The number of carbonyl (C=O) groups is 2. The summed E-state index contributed by atoms with van der Waals surface area (Å²) in [5.41, 5.74) is 0. The zero-order valence-corrected chi connectivity index (χ0v) is 35.9. The summed E-state index contributed by atoms with van der Waals surface area (Å²) in [6.07, 6.45) is 49.6. The Hall–Kier alpha value is -3.11. The number of phosphoric acid groups is 1. The molecule has 0 amide bonds. The lowest BCUT2D eigenvalue weighted by Gasteiger charge is -2.20. The highest BCUT2D eigenvalue weighted by Gasteiger charge is 2.27. The molecule has 11 heteroatoms. The molecule has 0 aromatic rings. The van der Waals surface area contributed by atoms with Gasteiger partial charge in [-0.2, -0.15) is 0 Å². The number of phosphoric ester groups is 1. The Bertz CT molecular complexity index is 1260. The van der Waals surface area contributed by atoms with E-state index in [4.69, 9.17) is 19.1 Å². The molecule has 0 aromatic carbocycles. The van der Waals surface area contributed by atoms with Crippen molar-refractivity contribution in [2.75, 3.05) is 26.4 Å². The van der Waals surface area contributed by atoms with Gasteiger partial charge in [0.05, 0.1) is 19.8 Å². The lowest BCUT2D eigenvalue weighted by atomic mass is 10.1. The average molecular weight is 819 g/mol. The maximum absolute atomic E-state index is 12.6. The van der Waals surface area contributed by atoms with Crippen LogP contribution in [0.2, 0.25) is 0 Å². The Morgan fingerprint density at radius 3 is 1.46 bits per heavy atom. The van der Waals surface area contributed by atoms with Crippen LogP contribution < -0.4 is 0 Å². The van der Waals surface area contributed by atoms with E-state index in [0.717, 1.165) is 51.4 Å². The van der Waals surface area contributed by atoms with Crippen LogP contribution in [0, 0.1) is 0 Å². The fraction of sp³-hybridized carbons (Fsp3) is 0.609. The quantitative estimate of drug-likeness (QED) is 0.0238. The molecule has 57 heavy (non-hydrogen) atoms. The van der Waals surface area contributed by atoms with Gasteiger partial charge < -0.3 is 24.6 Å². The van der Waals surface area contributed by atoms with Gasteiger partial charge in [0.25, 0.3) is 0 Å². The maximum Gasteiger partial charge on any atom is 0.472 e. The fourth-order valence-corrected chi connectivity index (χ4v) is 5.77. The molecule has 0 heterocycles. The van der Waals surface area contributed by atoms with Gasteiger partial charge in [-0.15, -0.1) is 0 Å². The van der Waals surface area contributed by atoms with Gasteiger partial charge in [-0.1, -0.05) is 143 Å². The second-order valence-corrected chi connectivity index (χ2v) is 15.1. The number of aliphatic hydroxyl groups excluding tert-OH is 2. The van der Waals surface area contributed by atoms with E-state index in [9.17, 15) is 24.2 Å². The van der Waals surface area contributed by atoms with E-state index in [1.807, 2.05) is 18.2 Å². The van der Waals surface area contributed by atoms with Crippen molar-refractivity contribution < 1.29 is 47.8 Å². The van der Waals surface area contributed by atoms with Gasteiger partial charge in [-0.3, -0.25) is 18.6 Å². The Morgan fingerprint density at radius 1 is 0.544 bits per heavy atom. The third-order valence-corrected chi connectivity index (χ3v) is 9.17. The Kier molecular flexibility index (Phi) is 38.8. The van der Waals surface area contributed by atoms with Gasteiger partial charge in [0.15, 0.2) is 6.10 Å². The van der Waals surface area contributed by atoms with Crippen LogP contribution in [-0.4, -0.2) is 65.7 Å². The number of hydrogen-bond donors (Lipinski definition) is 3. The van der Waals surface area contributed by atoms with E-state index in [0.29, 0.717) is 25.7 Å². The van der Waals surface area contributed by atoms with E-state index in [-0.39, 0.29) is 19.4 Å². The normalized spacial score (nSPS) is 14.8. The van der Waals surface area contributed by atoms with Crippen molar-refractivity contribution >= 4 is 19.8 Å². The molecule has 3 N–H and O–H groups in total. The molecule has 0 bridgehead atoms. The van der Waals surface area contributed by atoms with Crippen LogP contribution in [0.3, 0.4) is 0 Å². The van der Waals surface area contributed by atoms with Gasteiger partial charge >= 0.3 is 19.8 Å². The molecule has 0 saturated heterocycles. The summed E-state index contributed by atoms with van der Waals surface area (Å²) in [6.45, 7) is 2.11. The van der Waals surface area contributed by atoms with Crippen LogP contribution in [0.25, 0.3) is 0 Å². The van der Waals surface area contributed by atoms with Crippen molar-refractivity contribution in [3.8, 4) is 0 Å². The minimum atomic E-state index is -4.65. The van der Waals surface area contributed by atoms with Crippen molar-refractivity contribution in [3.05, 3.63) is 97.2 Å². The van der Waals surface area contributed by atoms with Gasteiger partial charge in [-0.25, -0.2) is 4.57 Å². The van der Waals surface area contributed by atoms with Crippen molar-refractivity contribution in [2.45, 2.75) is 154 Å². The molecule has 3 atom stereocenters. The first kappa shape index (κ1) is 53.9. The number of hydrogen-bond acceptors (Lipinski definition) is 9. The molecule has 0 radical (unpaired) electrons. The zero-order valence-electron chi connectivity index (χ0n) is 35.0. The third-order valence-electron chi connectivity index (χ3n) is 8.22. The first-order chi connectivity index (χ1) is 27.7. The summed E-state index contributed by atoms with van der Waals surface area (Å²) in [4.78, 5) is 34.9. The van der Waals surface area contributed by atoms with E-state index in [2.05, 4.69) is 97.4 Å². The van der Waals surface area contributed by atoms with Gasteiger partial charge in [0, 0.05) is 12.8 Å². The molecule has 0 aliphatic carbocycles.